The van der Waals surface area contributed by atoms with Gasteiger partial charge in [0.25, 0.3) is 5.91 Å². The van der Waals surface area contributed by atoms with Crippen molar-refractivity contribution in [3.8, 4) is 5.75 Å². The summed E-state index contributed by atoms with van der Waals surface area (Å²) in [6, 6.07) is 16.2. The van der Waals surface area contributed by atoms with Crippen molar-refractivity contribution in [2.45, 2.75) is 26.7 Å². The van der Waals surface area contributed by atoms with Gasteiger partial charge in [-0.15, -0.1) is 0 Å². The minimum Gasteiger partial charge on any atom is -0.497 e. The summed E-state index contributed by atoms with van der Waals surface area (Å²) in [6.07, 6.45) is 2.59. The standard InChI is InChI=1S/C24H33N3O2/c1-4-26(5-2)24(28)20-11-13-21(14-12-20)27(18-17-25-15-6-7-16-25)22-9-8-10-23(19-22)29-3/h8-14,19H,4-7,15-18H2,1-3H3. The van der Waals surface area contributed by atoms with E-state index in [1.54, 1.807) is 7.11 Å². The fourth-order valence-corrected chi connectivity index (χ4v) is 3.91. The van der Waals surface area contributed by atoms with Gasteiger partial charge in [0.1, 0.15) is 5.75 Å². The Kier molecular flexibility index (Phi) is 7.53. The Hall–Kier alpha value is -2.53. The molecule has 0 bridgehead atoms. The molecule has 156 valence electrons. The van der Waals surface area contributed by atoms with E-state index < -0.39 is 0 Å². The average Bonchev–Trinajstić information content (AvgIpc) is 3.29. The molecule has 1 heterocycles. The monoisotopic (exact) mass is 395 g/mol. The predicted molar refractivity (Wildman–Crippen MR) is 119 cm³/mol. The normalized spacial score (nSPS) is 14.0. The largest absolute Gasteiger partial charge is 0.497 e. The van der Waals surface area contributed by atoms with Crippen LogP contribution in [-0.2, 0) is 0 Å². The molecule has 1 amide bonds. The maximum atomic E-state index is 12.6. The summed E-state index contributed by atoms with van der Waals surface area (Å²) < 4.78 is 5.43. The topological polar surface area (TPSA) is 36.0 Å². The summed E-state index contributed by atoms with van der Waals surface area (Å²) in [5.41, 5.74) is 2.93. The van der Waals surface area contributed by atoms with E-state index in [1.807, 2.05) is 43.0 Å². The zero-order chi connectivity index (χ0) is 20.6. The lowest BCUT2D eigenvalue weighted by Gasteiger charge is -2.28. The van der Waals surface area contributed by atoms with E-state index in [-0.39, 0.29) is 5.91 Å². The van der Waals surface area contributed by atoms with Gasteiger partial charge in [-0.25, -0.2) is 0 Å². The van der Waals surface area contributed by atoms with Crippen LogP contribution >= 0.6 is 0 Å². The number of ether oxygens (including phenoxy) is 1. The Balaban J connectivity index is 1.83. The molecule has 0 atom stereocenters. The predicted octanol–water partition coefficient (Wildman–Crippen LogP) is 4.41. The minimum absolute atomic E-state index is 0.0894. The highest BCUT2D eigenvalue weighted by molar-refractivity contribution is 5.94. The van der Waals surface area contributed by atoms with Gasteiger partial charge in [-0.3, -0.25) is 4.79 Å². The van der Waals surface area contributed by atoms with E-state index in [1.165, 1.54) is 25.9 Å². The molecule has 29 heavy (non-hydrogen) atoms. The molecule has 3 rings (SSSR count). The van der Waals surface area contributed by atoms with E-state index in [0.29, 0.717) is 0 Å². The van der Waals surface area contributed by atoms with Crippen LogP contribution in [0.25, 0.3) is 0 Å². The number of carbonyl (C=O) groups is 1. The third-order valence-corrected chi connectivity index (χ3v) is 5.68. The van der Waals surface area contributed by atoms with E-state index in [9.17, 15) is 4.79 Å². The van der Waals surface area contributed by atoms with Crippen LogP contribution in [0.1, 0.15) is 37.0 Å². The molecule has 0 aromatic heterocycles. The first-order valence-corrected chi connectivity index (χ1v) is 10.7. The number of benzene rings is 2. The van der Waals surface area contributed by atoms with Gasteiger partial charge in [-0.2, -0.15) is 0 Å². The SMILES string of the molecule is CCN(CC)C(=O)c1ccc(N(CCN2CCCC2)c2cccc(OC)c2)cc1. The first kappa shape index (κ1) is 21.2. The third kappa shape index (κ3) is 5.30. The number of anilines is 2. The summed E-state index contributed by atoms with van der Waals surface area (Å²) in [7, 11) is 1.70. The number of hydrogen-bond donors (Lipinski definition) is 0. The van der Waals surface area contributed by atoms with Gasteiger partial charge in [0.15, 0.2) is 0 Å². The van der Waals surface area contributed by atoms with Crippen molar-refractivity contribution in [1.29, 1.82) is 0 Å². The van der Waals surface area contributed by atoms with Crippen LogP contribution < -0.4 is 9.64 Å². The minimum atomic E-state index is 0.0894. The highest BCUT2D eigenvalue weighted by Crippen LogP contribution is 2.29. The average molecular weight is 396 g/mol. The lowest BCUT2D eigenvalue weighted by atomic mass is 10.1. The molecule has 1 aliphatic rings. The molecule has 1 fully saturated rings. The number of carbonyl (C=O) groups excluding carboxylic acids is 1. The zero-order valence-corrected chi connectivity index (χ0v) is 17.9. The summed E-state index contributed by atoms with van der Waals surface area (Å²) in [5.74, 6) is 0.938. The van der Waals surface area contributed by atoms with Crippen molar-refractivity contribution in [1.82, 2.24) is 9.80 Å². The van der Waals surface area contributed by atoms with Crippen LogP contribution in [0.5, 0.6) is 5.75 Å². The molecule has 1 saturated heterocycles. The second kappa shape index (κ2) is 10.3. The quantitative estimate of drug-likeness (QED) is 0.630. The van der Waals surface area contributed by atoms with Gasteiger partial charge >= 0.3 is 0 Å². The second-order valence-corrected chi connectivity index (χ2v) is 7.43. The number of nitrogens with zero attached hydrogens (tertiary/aromatic N) is 3. The molecule has 0 unspecified atom stereocenters. The van der Waals surface area contributed by atoms with Crippen molar-refractivity contribution in [3.63, 3.8) is 0 Å². The van der Waals surface area contributed by atoms with Crippen molar-refractivity contribution in [2.24, 2.45) is 0 Å². The van der Waals surface area contributed by atoms with Crippen LogP contribution in [0.2, 0.25) is 0 Å². The molecule has 2 aromatic carbocycles. The first-order chi connectivity index (χ1) is 14.2. The second-order valence-electron chi connectivity index (χ2n) is 7.43. The molecular weight excluding hydrogens is 362 g/mol. The molecule has 0 radical (unpaired) electrons. The van der Waals surface area contributed by atoms with Gasteiger partial charge in [0, 0.05) is 49.2 Å². The Morgan fingerprint density at radius 1 is 1.00 bits per heavy atom. The van der Waals surface area contributed by atoms with Crippen LogP contribution in [-0.4, -0.2) is 62.1 Å². The van der Waals surface area contributed by atoms with Gasteiger partial charge in [-0.1, -0.05) is 6.07 Å². The summed E-state index contributed by atoms with van der Waals surface area (Å²) in [5, 5.41) is 0. The lowest BCUT2D eigenvalue weighted by Crippen LogP contribution is -2.31. The van der Waals surface area contributed by atoms with Gasteiger partial charge < -0.3 is 19.4 Å². The number of likely N-dealkylation sites (tertiary alicyclic amines) is 1. The fraction of sp³-hybridized carbons (Fsp3) is 0.458. The Morgan fingerprint density at radius 2 is 1.69 bits per heavy atom. The molecule has 5 heteroatoms. The molecule has 0 spiro atoms. The maximum Gasteiger partial charge on any atom is 0.253 e. The van der Waals surface area contributed by atoms with Gasteiger partial charge in [0.05, 0.1) is 7.11 Å². The molecule has 5 nitrogen and oxygen atoms in total. The van der Waals surface area contributed by atoms with Crippen LogP contribution in [0, 0.1) is 0 Å². The Morgan fingerprint density at radius 3 is 2.31 bits per heavy atom. The summed E-state index contributed by atoms with van der Waals surface area (Å²) in [4.78, 5) is 19.3. The van der Waals surface area contributed by atoms with Crippen molar-refractivity contribution < 1.29 is 9.53 Å². The lowest BCUT2D eigenvalue weighted by molar-refractivity contribution is 0.0773. The highest BCUT2D eigenvalue weighted by Gasteiger charge is 2.17. The number of methoxy groups -OCH3 is 1. The van der Waals surface area contributed by atoms with E-state index in [0.717, 1.165) is 48.9 Å². The molecule has 0 N–H and O–H groups in total. The number of amides is 1. The molecule has 1 aliphatic heterocycles. The molecule has 0 aliphatic carbocycles. The summed E-state index contributed by atoms with van der Waals surface area (Å²) in [6.45, 7) is 9.77. The molecule has 0 saturated carbocycles. The van der Waals surface area contributed by atoms with Gasteiger partial charge in [-0.05, 0) is 76.2 Å². The van der Waals surface area contributed by atoms with E-state index >= 15 is 0 Å². The summed E-state index contributed by atoms with van der Waals surface area (Å²) >= 11 is 0. The van der Waals surface area contributed by atoms with Crippen LogP contribution in [0.15, 0.2) is 48.5 Å². The van der Waals surface area contributed by atoms with Crippen LogP contribution in [0.3, 0.4) is 0 Å². The third-order valence-electron chi connectivity index (χ3n) is 5.68. The molecular formula is C24H33N3O2. The van der Waals surface area contributed by atoms with Crippen LogP contribution in [0.4, 0.5) is 11.4 Å². The van der Waals surface area contributed by atoms with Crippen molar-refractivity contribution in [3.05, 3.63) is 54.1 Å². The first-order valence-electron chi connectivity index (χ1n) is 10.7. The fourth-order valence-electron chi connectivity index (χ4n) is 3.91. The highest BCUT2D eigenvalue weighted by atomic mass is 16.5. The van der Waals surface area contributed by atoms with E-state index in [2.05, 4.69) is 34.1 Å². The Bertz CT molecular complexity index is 781. The maximum absolute atomic E-state index is 12.6. The van der Waals surface area contributed by atoms with E-state index in [4.69, 9.17) is 4.74 Å². The smallest absolute Gasteiger partial charge is 0.253 e. The van der Waals surface area contributed by atoms with Gasteiger partial charge in [0.2, 0.25) is 0 Å². The molecule has 2 aromatic rings. The number of rotatable bonds is 9. The van der Waals surface area contributed by atoms with Crippen molar-refractivity contribution in [2.75, 3.05) is 51.3 Å². The number of hydrogen-bond acceptors (Lipinski definition) is 4. The van der Waals surface area contributed by atoms with Crippen molar-refractivity contribution >= 4 is 17.3 Å². The zero-order valence-electron chi connectivity index (χ0n) is 17.9. The Labute approximate surface area is 174 Å².